The van der Waals surface area contributed by atoms with Crippen LogP contribution in [-0.4, -0.2) is 47.6 Å². The van der Waals surface area contributed by atoms with Crippen molar-refractivity contribution in [1.82, 2.24) is 10.2 Å². The van der Waals surface area contributed by atoms with Crippen molar-refractivity contribution in [3.05, 3.63) is 0 Å². The van der Waals surface area contributed by atoms with Crippen LogP contribution in [-0.2, 0) is 14.3 Å². The van der Waals surface area contributed by atoms with Crippen molar-refractivity contribution in [3.8, 4) is 0 Å². The van der Waals surface area contributed by atoms with Crippen molar-refractivity contribution in [2.24, 2.45) is 5.92 Å². The maximum Gasteiger partial charge on any atom is 0.249 e. The van der Waals surface area contributed by atoms with E-state index in [9.17, 15) is 9.59 Å². The lowest BCUT2D eigenvalue weighted by molar-refractivity contribution is -0.158. The number of ether oxygens (including phenoxy) is 1. The molecular weight excluding hydrogens is 268 g/mol. The molecule has 0 aromatic carbocycles. The zero-order valence-corrected chi connectivity index (χ0v) is 13.6. The van der Waals surface area contributed by atoms with Crippen LogP contribution < -0.4 is 5.32 Å². The van der Waals surface area contributed by atoms with Gasteiger partial charge in [0.05, 0.1) is 6.10 Å². The van der Waals surface area contributed by atoms with Gasteiger partial charge in [-0.25, -0.2) is 0 Å². The zero-order chi connectivity index (χ0) is 15.6. The molecule has 21 heavy (non-hydrogen) atoms. The first-order valence-electron chi connectivity index (χ1n) is 8.16. The van der Waals surface area contributed by atoms with Crippen LogP contribution in [0.25, 0.3) is 0 Å². The van der Waals surface area contributed by atoms with Gasteiger partial charge >= 0.3 is 0 Å². The van der Waals surface area contributed by atoms with E-state index in [1.54, 1.807) is 4.90 Å². The highest BCUT2D eigenvalue weighted by Gasteiger charge is 2.52. The van der Waals surface area contributed by atoms with Crippen molar-refractivity contribution in [1.29, 1.82) is 0 Å². The molecule has 2 unspecified atom stereocenters. The smallest absolute Gasteiger partial charge is 0.249 e. The second kappa shape index (κ2) is 6.34. The molecule has 0 aromatic heterocycles. The van der Waals surface area contributed by atoms with Crippen molar-refractivity contribution in [3.63, 3.8) is 0 Å². The van der Waals surface area contributed by atoms with Gasteiger partial charge in [0.25, 0.3) is 0 Å². The zero-order valence-electron chi connectivity index (χ0n) is 13.6. The summed E-state index contributed by atoms with van der Waals surface area (Å²) >= 11 is 0. The van der Waals surface area contributed by atoms with E-state index < -0.39 is 5.54 Å². The summed E-state index contributed by atoms with van der Waals surface area (Å²) in [4.78, 5) is 27.3. The van der Waals surface area contributed by atoms with Crippen LogP contribution in [0.15, 0.2) is 0 Å². The predicted octanol–water partition coefficient (Wildman–Crippen LogP) is 1.71. The van der Waals surface area contributed by atoms with E-state index in [2.05, 4.69) is 5.32 Å². The molecule has 1 spiro atoms. The van der Waals surface area contributed by atoms with E-state index in [1.165, 1.54) is 0 Å². The number of rotatable bonds is 5. The van der Waals surface area contributed by atoms with E-state index in [1.807, 2.05) is 27.7 Å². The van der Waals surface area contributed by atoms with Crippen molar-refractivity contribution in [2.45, 2.75) is 71.1 Å². The van der Waals surface area contributed by atoms with Crippen LogP contribution in [0.4, 0.5) is 0 Å². The van der Waals surface area contributed by atoms with Crippen LogP contribution in [0.3, 0.4) is 0 Å². The molecule has 1 heterocycles. The van der Waals surface area contributed by atoms with Gasteiger partial charge in [0.15, 0.2) is 0 Å². The minimum atomic E-state index is -0.644. The fourth-order valence-corrected chi connectivity index (χ4v) is 3.70. The number of amides is 2. The molecule has 1 saturated carbocycles. The summed E-state index contributed by atoms with van der Waals surface area (Å²) in [7, 11) is 0. The summed E-state index contributed by atoms with van der Waals surface area (Å²) in [5.74, 6) is 0.182. The molecule has 2 rings (SSSR count). The number of piperazine rings is 1. The number of carbonyl (C=O) groups excluding carboxylic acids is 2. The van der Waals surface area contributed by atoms with Gasteiger partial charge in [0, 0.05) is 13.2 Å². The average Bonchev–Trinajstić information content (AvgIpc) is 2.85. The lowest BCUT2D eigenvalue weighted by atomic mass is 9.87. The quantitative estimate of drug-likeness (QED) is 0.840. The fourth-order valence-electron chi connectivity index (χ4n) is 3.70. The summed E-state index contributed by atoms with van der Waals surface area (Å²) in [5, 5.41) is 3.04. The van der Waals surface area contributed by atoms with Gasteiger partial charge in [-0.1, -0.05) is 26.7 Å². The summed E-state index contributed by atoms with van der Waals surface area (Å²) in [6.07, 6.45) is 3.49. The Morgan fingerprint density at radius 3 is 2.43 bits per heavy atom. The molecule has 0 radical (unpaired) electrons. The van der Waals surface area contributed by atoms with Crippen LogP contribution in [0.2, 0.25) is 0 Å². The Labute approximate surface area is 127 Å². The molecule has 2 atom stereocenters. The summed E-state index contributed by atoms with van der Waals surface area (Å²) < 4.78 is 5.58. The third-order valence-corrected chi connectivity index (χ3v) is 4.63. The molecule has 1 saturated heterocycles. The number of hydrogen-bond acceptors (Lipinski definition) is 3. The molecule has 2 fully saturated rings. The molecule has 2 aliphatic rings. The first-order valence-corrected chi connectivity index (χ1v) is 8.16. The Morgan fingerprint density at radius 1 is 1.29 bits per heavy atom. The number of nitrogens with one attached hydrogen (secondary N) is 1. The van der Waals surface area contributed by atoms with Crippen LogP contribution in [0.1, 0.15) is 53.4 Å². The molecule has 120 valence electrons. The van der Waals surface area contributed by atoms with Crippen LogP contribution >= 0.6 is 0 Å². The largest absolute Gasteiger partial charge is 0.377 e. The maximum atomic E-state index is 13.0. The lowest BCUT2D eigenvalue weighted by Crippen LogP contribution is -2.71. The van der Waals surface area contributed by atoms with E-state index >= 15 is 0 Å². The molecule has 1 N–H and O–H groups in total. The highest BCUT2D eigenvalue weighted by molar-refractivity contribution is 6.00. The topological polar surface area (TPSA) is 58.6 Å². The minimum Gasteiger partial charge on any atom is -0.377 e. The summed E-state index contributed by atoms with van der Waals surface area (Å²) in [6.45, 7) is 8.99. The van der Waals surface area contributed by atoms with Gasteiger partial charge in [-0.05, 0) is 32.6 Å². The van der Waals surface area contributed by atoms with Crippen LogP contribution in [0, 0.1) is 5.92 Å². The van der Waals surface area contributed by atoms with Crippen molar-refractivity contribution in [2.75, 3.05) is 13.2 Å². The van der Waals surface area contributed by atoms with E-state index in [4.69, 9.17) is 4.74 Å². The Kier molecular flexibility index (Phi) is 4.91. The van der Waals surface area contributed by atoms with Gasteiger partial charge in [-0.2, -0.15) is 0 Å². The third-order valence-electron chi connectivity index (χ3n) is 4.63. The van der Waals surface area contributed by atoms with E-state index in [-0.39, 0.29) is 29.9 Å². The highest BCUT2D eigenvalue weighted by atomic mass is 16.5. The Balaban J connectivity index is 2.24. The maximum absolute atomic E-state index is 13.0. The standard InChI is InChI=1S/C16H28N2O3/c1-5-21-12(4)10-18-13(11(2)3)14(19)17-16(15(18)20)8-6-7-9-16/h11-13H,5-10H2,1-4H3,(H,17,19). The molecule has 0 aromatic rings. The average molecular weight is 296 g/mol. The number of carbonyl (C=O) groups is 2. The molecule has 5 nitrogen and oxygen atoms in total. The predicted molar refractivity (Wildman–Crippen MR) is 80.8 cm³/mol. The van der Waals surface area contributed by atoms with Crippen LogP contribution in [0.5, 0.6) is 0 Å². The van der Waals surface area contributed by atoms with Gasteiger partial charge in [0.2, 0.25) is 11.8 Å². The summed E-state index contributed by atoms with van der Waals surface area (Å²) in [5.41, 5.74) is -0.644. The van der Waals surface area contributed by atoms with Gasteiger partial charge < -0.3 is 15.0 Å². The van der Waals surface area contributed by atoms with Gasteiger partial charge in [-0.3, -0.25) is 9.59 Å². The SMILES string of the molecule is CCOC(C)CN1C(=O)C2(CCCC2)NC(=O)C1C(C)C. The number of hydrogen-bond donors (Lipinski definition) is 1. The molecule has 1 aliphatic carbocycles. The molecule has 2 amide bonds. The second-order valence-corrected chi connectivity index (χ2v) is 6.69. The van der Waals surface area contributed by atoms with Crippen molar-refractivity contribution < 1.29 is 14.3 Å². The van der Waals surface area contributed by atoms with Gasteiger partial charge in [-0.15, -0.1) is 0 Å². The Hall–Kier alpha value is -1.10. The normalized spacial score (nSPS) is 26.5. The first-order chi connectivity index (χ1) is 9.91. The second-order valence-electron chi connectivity index (χ2n) is 6.69. The van der Waals surface area contributed by atoms with Crippen molar-refractivity contribution >= 4 is 11.8 Å². The molecule has 5 heteroatoms. The summed E-state index contributed by atoms with van der Waals surface area (Å²) in [6, 6.07) is -0.383. The van der Waals surface area contributed by atoms with E-state index in [0.717, 1.165) is 25.7 Å². The minimum absolute atomic E-state index is 0.00445. The molecular formula is C16H28N2O3. The number of nitrogens with zero attached hydrogens (tertiary/aromatic N) is 1. The van der Waals surface area contributed by atoms with Gasteiger partial charge in [0.1, 0.15) is 11.6 Å². The first kappa shape index (κ1) is 16.3. The third kappa shape index (κ3) is 3.07. The van der Waals surface area contributed by atoms with E-state index in [0.29, 0.717) is 13.2 Å². The Bertz CT molecular complexity index is 402. The lowest BCUT2D eigenvalue weighted by Gasteiger charge is -2.46. The monoisotopic (exact) mass is 296 g/mol. The molecule has 0 bridgehead atoms. The highest BCUT2D eigenvalue weighted by Crippen LogP contribution is 2.35. The fraction of sp³-hybridized carbons (Fsp3) is 0.875. The Morgan fingerprint density at radius 2 is 1.90 bits per heavy atom. The molecule has 1 aliphatic heterocycles.